The fourth-order valence-electron chi connectivity index (χ4n) is 2.55. The highest BCUT2D eigenvalue weighted by Gasteiger charge is 2.28. The van der Waals surface area contributed by atoms with Crippen molar-refractivity contribution < 1.29 is 5.11 Å². The normalized spacial score (nSPS) is 29.4. The lowest BCUT2D eigenvalue weighted by Crippen LogP contribution is -2.46. The van der Waals surface area contributed by atoms with E-state index in [1.165, 1.54) is 25.7 Å². The molecule has 2 nitrogen and oxygen atoms in total. The minimum absolute atomic E-state index is 0.0808. The van der Waals surface area contributed by atoms with Crippen LogP contribution < -0.4 is 0 Å². The lowest BCUT2D eigenvalue weighted by Gasteiger charge is -2.38. The molecule has 0 aromatic carbocycles. The summed E-state index contributed by atoms with van der Waals surface area (Å²) in [4.78, 5) is 2.48. The smallest absolute Gasteiger partial charge is 0.0695 e. The Balaban J connectivity index is 2.48. The molecular formula is C13H27NO. The van der Waals surface area contributed by atoms with Crippen molar-refractivity contribution in [3.05, 3.63) is 0 Å². The average Bonchev–Trinajstić information content (AvgIpc) is 2.26. The molecule has 0 amide bonds. The fourth-order valence-corrected chi connectivity index (χ4v) is 2.55. The largest absolute Gasteiger partial charge is 0.391 e. The van der Waals surface area contributed by atoms with E-state index in [2.05, 4.69) is 25.7 Å². The van der Waals surface area contributed by atoms with Crippen molar-refractivity contribution in [3.8, 4) is 0 Å². The summed E-state index contributed by atoms with van der Waals surface area (Å²) in [5.41, 5.74) is 0. The standard InChI is InChI=1S/C13H27NO/c1-4-11(3)10-14(5-2)12-8-6-7-9-13(12)15/h11-13,15H,4-10H2,1-3H3. The van der Waals surface area contributed by atoms with E-state index in [4.69, 9.17) is 0 Å². The summed E-state index contributed by atoms with van der Waals surface area (Å²) in [5.74, 6) is 0.749. The quantitative estimate of drug-likeness (QED) is 0.759. The van der Waals surface area contributed by atoms with Gasteiger partial charge in [0, 0.05) is 12.6 Å². The topological polar surface area (TPSA) is 23.5 Å². The Bertz CT molecular complexity index is 172. The van der Waals surface area contributed by atoms with Gasteiger partial charge in [-0.25, -0.2) is 0 Å². The summed E-state index contributed by atoms with van der Waals surface area (Å²) in [7, 11) is 0. The van der Waals surface area contributed by atoms with Crippen molar-refractivity contribution in [2.75, 3.05) is 13.1 Å². The molecule has 0 aliphatic heterocycles. The lowest BCUT2D eigenvalue weighted by atomic mass is 9.90. The Kier molecular flexibility index (Phi) is 5.62. The molecule has 0 spiro atoms. The molecule has 1 aliphatic rings. The van der Waals surface area contributed by atoms with Gasteiger partial charge in [-0.2, -0.15) is 0 Å². The number of likely N-dealkylation sites (N-methyl/N-ethyl adjacent to an activating group) is 1. The number of hydrogen-bond donors (Lipinski definition) is 1. The predicted octanol–water partition coefficient (Wildman–Crippen LogP) is 2.66. The number of aliphatic hydroxyl groups excluding tert-OH is 1. The third kappa shape index (κ3) is 3.76. The molecule has 1 N–H and O–H groups in total. The van der Waals surface area contributed by atoms with E-state index in [1.54, 1.807) is 0 Å². The van der Waals surface area contributed by atoms with Crippen LogP contribution in [0.25, 0.3) is 0 Å². The molecule has 0 aromatic heterocycles. The van der Waals surface area contributed by atoms with Crippen molar-refractivity contribution in [2.45, 2.75) is 65.0 Å². The summed E-state index contributed by atoms with van der Waals surface area (Å²) in [5, 5.41) is 10.0. The van der Waals surface area contributed by atoms with Gasteiger partial charge in [0.1, 0.15) is 0 Å². The molecule has 0 aromatic rings. The highest BCUT2D eigenvalue weighted by Crippen LogP contribution is 2.24. The third-order valence-corrected chi connectivity index (χ3v) is 3.81. The summed E-state index contributed by atoms with van der Waals surface area (Å²) in [6.07, 6.45) is 5.84. The first-order chi connectivity index (χ1) is 7.19. The van der Waals surface area contributed by atoms with Crippen LogP contribution in [0.15, 0.2) is 0 Å². The number of rotatable bonds is 5. The second-order valence-corrected chi connectivity index (χ2v) is 5.02. The molecule has 0 heterocycles. The molecule has 0 saturated heterocycles. The van der Waals surface area contributed by atoms with Crippen LogP contribution in [0.4, 0.5) is 0 Å². The SMILES string of the molecule is CCC(C)CN(CC)C1CCCCC1O. The van der Waals surface area contributed by atoms with Crippen molar-refractivity contribution in [1.82, 2.24) is 4.90 Å². The van der Waals surface area contributed by atoms with E-state index in [0.29, 0.717) is 6.04 Å². The van der Waals surface area contributed by atoms with Gasteiger partial charge in [-0.05, 0) is 25.3 Å². The molecule has 1 saturated carbocycles. The molecule has 3 atom stereocenters. The van der Waals surface area contributed by atoms with Gasteiger partial charge < -0.3 is 5.11 Å². The monoisotopic (exact) mass is 213 g/mol. The molecule has 1 aliphatic carbocycles. The maximum absolute atomic E-state index is 10.0. The van der Waals surface area contributed by atoms with Crippen molar-refractivity contribution in [1.29, 1.82) is 0 Å². The maximum Gasteiger partial charge on any atom is 0.0695 e. The first kappa shape index (κ1) is 13.0. The van der Waals surface area contributed by atoms with Crippen LogP contribution in [0.5, 0.6) is 0 Å². The van der Waals surface area contributed by atoms with Crippen LogP contribution in [0.3, 0.4) is 0 Å². The van der Waals surface area contributed by atoms with Gasteiger partial charge in [0.05, 0.1) is 6.10 Å². The van der Waals surface area contributed by atoms with E-state index >= 15 is 0 Å². The molecule has 15 heavy (non-hydrogen) atoms. The van der Waals surface area contributed by atoms with Crippen LogP contribution in [0, 0.1) is 5.92 Å². The van der Waals surface area contributed by atoms with Crippen LogP contribution in [0.1, 0.15) is 52.9 Å². The molecule has 90 valence electrons. The van der Waals surface area contributed by atoms with E-state index in [9.17, 15) is 5.11 Å². The molecule has 1 fully saturated rings. The molecule has 3 unspecified atom stereocenters. The molecular weight excluding hydrogens is 186 g/mol. The third-order valence-electron chi connectivity index (χ3n) is 3.81. The number of nitrogens with zero attached hydrogens (tertiary/aromatic N) is 1. The Hall–Kier alpha value is -0.0800. The van der Waals surface area contributed by atoms with Crippen LogP contribution in [-0.2, 0) is 0 Å². The van der Waals surface area contributed by atoms with Gasteiger partial charge >= 0.3 is 0 Å². The zero-order valence-electron chi connectivity index (χ0n) is 10.6. The minimum atomic E-state index is -0.0808. The summed E-state index contributed by atoms with van der Waals surface area (Å²) in [6, 6.07) is 0.428. The van der Waals surface area contributed by atoms with E-state index in [-0.39, 0.29) is 6.10 Å². The Morgan fingerprint density at radius 2 is 1.93 bits per heavy atom. The van der Waals surface area contributed by atoms with E-state index < -0.39 is 0 Å². The lowest BCUT2D eigenvalue weighted by molar-refractivity contribution is 0.0159. The van der Waals surface area contributed by atoms with Gasteiger partial charge in [0.2, 0.25) is 0 Å². The van der Waals surface area contributed by atoms with Gasteiger partial charge in [0.15, 0.2) is 0 Å². The summed E-state index contributed by atoms with van der Waals surface area (Å²) >= 11 is 0. The highest BCUT2D eigenvalue weighted by atomic mass is 16.3. The maximum atomic E-state index is 10.0. The van der Waals surface area contributed by atoms with Crippen molar-refractivity contribution in [3.63, 3.8) is 0 Å². The first-order valence-electron chi connectivity index (χ1n) is 6.61. The zero-order chi connectivity index (χ0) is 11.3. The van der Waals surface area contributed by atoms with Gasteiger partial charge in [-0.1, -0.05) is 40.0 Å². The van der Waals surface area contributed by atoms with Crippen LogP contribution in [0.2, 0.25) is 0 Å². The van der Waals surface area contributed by atoms with Gasteiger partial charge in [0.25, 0.3) is 0 Å². The van der Waals surface area contributed by atoms with E-state index in [0.717, 1.165) is 25.4 Å². The second kappa shape index (κ2) is 6.49. The number of aliphatic hydroxyl groups is 1. The van der Waals surface area contributed by atoms with Crippen molar-refractivity contribution in [2.24, 2.45) is 5.92 Å². The fraction of sp³-hybridized carbons (Fsp3) is 1.00. The molecule has 0 radical (unpaired) electrons. The number of hydrogen-bond acceptors (Lipinski definition) is 2. The summed E-state index contributed by atoms with van der Waals surface area (Å²) in [6.45, 7) is 8.98. The average molecular weight is 213 g/mol. The Labute approximate surface area is 94.7 Å². The first-order valence-corrected chi connectivity index (χ1v) is 6.61. The highest BCUT2D eigenvalue weighted by molar-refractivity contribution is 4.83. The van der Waals surface area contributed by atoms with Crippen molar-refractivity contribution >= 4 is 0 Å². The van der Waals surface area contributed by atoms with Gasteiger partial charge in [-0.15, -0.1) is 0 Å². The van der Waals surface area contributed by atoms with Crippen LogP contribution in [-0.4, -0.2) is 35.2 Å². The Morgan fingerprint density at radius 3 is 2.47 bits per heavy atom. The van der Waals surface area contributed by atoms with Gasteiger partial charge in [-0.3, -0.25) is 4.90 Å². The summed E-state index contributed by atoms with van der Waals surface area (Å²) < 4.78 is 0. The second-order valence-electron chi connectivity index (χ2n) is 5.02. The van der Waals surface area contributed by atoms with Crippen LogP contribution >= 0.6 is 0 Å². The van der Waals surface area contributed by atoms with E-state index in [1.807, 2.05) is 0 Å². The zero-order valence-corrected chi connectivity index (χ0v) is 10.6. The molecule has 2 heteroatoms. The predicted molar refractivity (Wildman–Crippen MR) is 65.0 cm³/mol. The Morgan fingerprint density at radius 1 is 1.27 bits per heavy atom. The molecule has 1 rings (SSSR count). The minimum Gasteiger partial charge on any atom is -0.391 e. The molecule has 0 bridgehead atoms.